The third-order valence-corrected chi connectivity index (χ3v) is 6.71. The molecule has 4 heterocycles. The molecule has 38 heavy (non-hydrogen) atoms. The molecule has 1 aromatic carbocycles. The van der Waals surface area contributed by atoms with E-state index in [0.717, 1.165) is 10.9 Å². The van der Waals surface area contributed by atoms with Crippen molar-refractivity contribution in [1.29, 1.82) is 0 Å². The van der Waals surface area contributed by atoms with Crippen molar-refractivity contribution in [2.45, 2.75) is 71.8 Å². The number of fused-ring (bicyclic) bond motifs is 5. The molecule has 0 saturated carbocycles. The maximum atomic E-state index is 13.4. The smallest absolute Gasteiger partial charge is 0.343 e. The van der Waals surface area contributed by atoms with Crippen molar-refractivity contribution >= 4 is 29.1 Å². The van der Waals surface area contributed by atoms with Crippen LogP contribution >= 0.6 is 0 Å². The van der Waals surface area contributed by atoms with Crippen molar-refractivity contribution in [3.05, 3.63) is 56.9 Å². The lowest BCUT2D eigenvalue weighted by atomic mass is 9.86. The van der Waals surface area contributed by atoms with E-state index in [0.29, 0.717) is 34.6 Å². The van der Waals surface area contributed by atoms with Gasteiger partial charge in [0.05, 0.1) is 29.0 Å². The number of carbonyl (C=O) groups is 2. The summed E-state index contributed by atoms with van der Waals surface area (Å²) < 4.78 is 12.2. The number of nitrogens with zero attached hydrogens (tertiary/aromatic N) is 3. The molecule has 0 amide bonds. The minimum Gasteiger partial charge on any atom is -0.458 e. The van der Waals surface area contributed by atoms with Crippen molar-refractivity contribution in [2.24, 2.45) is 5.16 Å². The number of oxime groups is 1. The number of rotatable bonds is 5. The summed E-state index contributed by atoms with van der Waals surface area (Å²) in [6.45, 7) is 8.74. The second-order valence-corrected chi connectivity index (χ2v) is 10.5. The van der Waals surface area contributed by atoms with Gasteiger partial charge in [-0.05, 0) is 51.5 Å². The number of benzene rings is 1. The van der Waals surface area contributed by atoms with E-state index in [2.05, 4.69) is 5.16 Å². The predicted octanol–water partition coefficient (Wildman–Crippen LogP) is 3.35. The molecule has 0 unspecified atom stereocenters. The minimum atomic E-state index is -1.89. The van der Waals surface area contributed by atoms with Crippen LogP contribution in [0.2, 0.25) is 0 Å². The molecule has 5 rings (SSSR count). The Bertz CT molecular complexity index is 1580. The van der Waals surface area contributed by atoms with Gasteiger partial charge >= 0.3 is 11.9 Å². The van der Waals surface area contributed by atoms with Crippen LogP contribution in [-0.4, -0.2) is 38.4 Å². The van der Waals surface area contributed by atoms with Gasteiger partial charge in [-0.1, -0.05) is 12.1 Å². The van der Waals surface area contributed by atoms with Crippen molar-refractivity contribution in [2.75, 3.05) is 0 Å². The molecule has 2 aliphatic rings. The lowest BCUT2D eigenvalue weighted by molar-refractivity contribution is -0.172. The summed E-state index contributed by atoms with van der Waals surface area (Å²) >= 11 is 0. The SMILES string of the molecule is CC[C@@]1(O)C(=O)OCc2c1cc1n(c2=O)Cc2cc3c(CC=NOC(C)(C)C)c(OC(C)=O)ccc3nc2-1. The molecule has 1 atom stereocenters. The minimum absolute atomic E-state index is 0.0719. The van der Waals surface area contributed by atoms with E-state index in [4.69, 9.17) is 19.3 Å². The lowest BCUT2D eigenvalue weighted by Crippen LogP contribution is -2.44. The summed E-state index contributed by atoms with van der Waals surface area (Å²) in [5.74, 6) is -0.825. The molecule has 10 heteroatoms. The van der Waals surface area contributed by atoms with Crippen LogP contribution in [0.5, 0.6) is 5.75 Å². The zero-order valence-corrected chi connectivity index (χ0v) is 22.0. The summed E-state index contributed by atoms with van der Waals surface area (Å²) in [6.07, 6.45) is 2.00. The Hall–Kier alpha value is -4.05. The van der Waals surface area contributed by atoms with Gasteiger partial charge < -0.3 is 24.0 Å². The van der Waals surface area contributed by atoms with E-state index in [1.165, 1.54) is 6.92 Å². The van der Waals surface area contributed by atoms with Crippen molar-refractivity contribution < 1.29 is 29.0 Å². The standard InChI is InChI=1S/C28H29N3O7/c1-6-28(35)20-12-22-24-16(13-31(22)25(33)19(20)14-36-26(28)34)11-18-17(9-10-29-38-27(3,4)5)23(37-15(2)32)8-7-21(18)30-24/h7-8,10-12,35H,6,9,13-14H2,1-5H3/t28-/m0/s1. The molecular weight excluding hydrogens is 490 g/mol. The number of cyclic esters (lactones) is 1. The molecule has 0 fully saturated rings. The van der Waals surface area contributed by atoms with Crippen LogP contribution < -0.4 is 10.3 Å². The van der Waals surface area contributed by atoms with Crippen molar-refractivity contribution in [3.8, 4) is 17.1 Å². The third-order valence-electron chi connectivity index (χ3n) is 6.71. The highest BCUT2D eigenvalue weighted by atomic mass is 16.6. The first kappa shape index (κ1) is 25.6. The molecule has 3 aromatic rings. The normalized spacial score (nSPS) is 18.2. The Morgan fingerprint density at radius 3 is 2.74 bits per heavy atom. The molecule has 0 spiro atoms. The Morgan fingerprint density at radius 1 is 1.29 bits per heavy atom. The van der Waals surface area contributed by atoms with Crippen LogP contribution in [-0.2, 0) is 44.3 Å². The Morgan fingerprint density at radius 2 is 2.05 bits per heavy atom. The van der Waals surface area contributed by atoms with Gasteiger partial charge in [0.1, 0.15) is 18.0 Å². The molecule has 2 aliphatic heterocycles. The van der Waals surface area contributed by atoms with Crippen molar-refractivity contribution in [1.82, 2.24) is 9.55 Å². The first-order chi connectivity index (χ1) is 17.9. The van der Waals surface area contributed by atoms with E-state index in [9.17, 15) is 19.5 Å². The highest BCUT2D eigenvalue weighted by Crippen LogP contribution is 2.39. The highest BCUT2D eigenvalue weighted by Gasteiger charge is 2.45. The van der Waals surface area contributed by atoms with Gasteiger partial charge in [-0.2, -0.15) is 0 Å². The lowest BCUT2D eigenvalue weighted by Gasteiger charge is -2.31. The van der Waals surface area contributed by atoms with E-state index in [1.54, 1.807) is 35.9 Å². The summed E-state index contributed by atoms with van der Waals surface area (Å²) in [6, 6.07) is 7.03. The van der Waals surface area contributed by atoms with Gasteiger partial charge in [0, 0.05) is 41.6 Å². The largest absolute Gasteiger partial charge is 0.458 e. The maximum Gasteiger partial charge on any atom is 0.343 e. The fraction of sp³-hybridized carbons (Fsp3) is 0.393. The first-order valence-corrected chi connectivity index (χ1v) is 12.4. The molecule has 10 nitrogen and oxygen atoms in total. The zero-order valence-electron chi connectivity index (χ0n) is 22.0. The van der Waals surface area contributed by atoms with E-state index in [-0.39, 0.29) is 36.3 Å². The molecule has 0 radical (unpaired) electrons. The molecule has 0 aliphatic carbocycles. The Kier molecular flexibility index (Phi) is 6.10. The topological polar surface area (TPSA) is 129 Å². The van der Waals surface area contributed by atoms with Crippen molar-refractivity contribution in [3.63, 3.8) is 0 Å². The number of carbonyl (C=O) groups excluding carboxylic acids is 2. The number of esters is 2. The first-order valence-electron chi connectivity index (χ1n) is 12.4. The fourth-order valence-corrected chi connectivity index (χ4v) is 4.88. The molecule has 198 valence electrons. The van der Waals surface area contributed by atoms with Gasteiger partial charge in [0.15, 0.2) is 5.60 Å². The zero-order chi connectivity index (χ0) is 27.4. The van der Waals surface area contributed by atoms with Crippen LogP contribution in [0.1, 0.15) is 63.3 Å². The van der Waals surface area contributed by atoms with Crippen LogP contribution in [0.15, 0.2) is 34.2 Å². The summed E-state index contributed by atoms with van der Waals surface area (Å²) in [5, 5.41) is 15.9. The van der Waals surface area contributed by atoms with Gasteiger partial charge in [0.2, 0.25) is 0 Å². The maximum absolute atomic E-state index is 13.4. The number of pyridine rings is 2. The van der Waals surface area contributed by atoms with E-state index >= 15 is 0 Å². The van der Waals surface area contributed by atoms with Gasteiger partial charge in [-0.3, -0.25) is 9.59 Å². The van der Waals surface area contributed by atoms with Crippen LogP contribution in [0.25, 0.3) is 22.3 Å². The van der Waals surface area contributed by atoms with E-state index in [1.807, 2.05) is 26.8 Å². The second-order valence-electron chi connectivity index (χ2n) is 10.5. The summed E-state index contributed by atoms with van der Waals surface area (Å²) in [4.78, 5) is 47.9. The third kappa shape index (κ3) is 4.24. The molecular formula is C28H29N3O7. The Balaban J connectivity index is 1.64. The van der Waals surface area contributed by atoms with Crippen LogP contribution in [0, 0.1) is 0 Å². The van der Waals surface area contributed by atoms with Gasteiger partial charge in [-0.15, -0.1) is 0 Å². The summed E-state index contributed by atoms with van der Waals surface area (Å²) in [5.41, 5.74) is 1.10. The molecule has 0 saturated heterocycles. The van der Waals surface area contributed by atoms with Crippen LogP contribution in [0.4, 0.5) is 0 Å². The van der Waals surface area contributed by atoms with E-state index < -0.39 is 23.1 Å². The summed E-state index contributed by atoms with van der Waals surface area (Å²) in [7, 11) is 0. The van der Waals surface area contributed by atoms with Gasteiger partial charge in [-0.25, -0.2) is 9.78 Å². The van der Waals surface area contributed by atoms with Crippen LogP contribution in [0.3, 0.4) is 0 Å². The van der Waals surface area contributed by atoms with Gasteiger partial charge in [0.25, 0.3) is 5.56 Å². The Labute approximate surface area is 218 Å². The average Bonchev–Trinajstić information content (AvgIpc) is 3.21. The molecule has 2 aromatic heterocycles. The predicted molar refractivity (Wildman–Crippen MR) is 139 cm³/mol. The number of hydrogen-bond acceptors (Lipinski definition) is 9. The quantitative estimate of drug-likeness (QED) is 0.184. The number of hydrogen-bond donors (Lipinski definition) is 1. The molecule has 1 N–H and O–H groups in total. The fourth-order valence-electron chi connectivity index (χ4n) is 4.88. The second kappa shape index (κ2) is 9.05. The monoisotopic (exact) mass is 519 g/mol. The molecule has 0 bridgehead atoms. The number of ether oxygens (including phenoxy) is 2. The number of aliphatic hydroxyl groups is 1. The number of aromatic nitrogens is 2. The highest BCUT2D eigenvalue weighted by molar-refractivity contribution is 5.91. The average molecular weight is 520 g/mol.